The largest absolute Gasteiger partial charge is 0.494 e. The lowest BCUT2D eigenvalue weighted by Gasteiger charge is -2.19. The second-order valence-electron chi connectivity index (χ2n) is 7.99. The minimum absolute atomic E-state index is 0.0596. The Morgan fingerprint density at radius 1 is 1.19 bits per heavy atom. The molecule has 2 N–H and O–H groups in total. The normalized spacial score (nSPS) is 16.6. The molecule has 3 heterocycles. The van der Waals surface area contributed by atoms with Crippen molar-refractivity contribution in [2.75, 3.05) is 18.0 Å². The highest BCUT2D eigenvalue weighted by Crippen LogP contribution is 2.34. The topological polar surface area (TPSA) is 64.5 Å². The Hall–Kier alpha value is -3.67. The molecule has 156 valence electrons. The SMILES string of the molecule is Cc1cccc2[nH]c(O)c(C=Nc3ccc(N4CCC(c5ccncc5)C4)c(F)c3)c12. The maximum atomic E-state index is 14.9. The second kappa shape index (κ2) is 7.87. The Morgan fingerprint density at radius 2 is 2.03 bits per heavy atom. The number of fused-ring (bicyclic) bond motifs is 1. The lowest BCUT2D eigenvalue weighted by Crippen LogP contribution is -2.20. The van der Waals surface area contributed by atoms with Crippen molar-refractivity contribution in [2.45, 2.75) is 19.3 Å². The number of aromatic amines is 1. The van der Waals surface area contributed by atoms with Gasteiger partial charge in [0.2, 0.25) is 0 Å². The maximum absolute atomic E-state index is 14.9. The number of H-pyrrole nitrogens is 1. The fourth-order valence-electron chi connectivity index (χ4n) is 4.43. The van der Waals surface area contributed by atoms with Crippen molar-refractivity contribution in [3.8, 4) is 5.88 Å². The summed E-state index contributed by atoms with van der Waals surface area (Å²) >= 11 is 0. The number of anilines is 1. The average Bonchev–Trinajstić information content (AvgIpc) is 3.38. The Labute approximate surface area is 179 Å². The molecule has 1 saturated heterocycles. The maximum Gasteiger partial charge on any atom is 0.198 e. The van der Waals surface area contributed by atoms with Crippen LogP contribution in [-0.4, -0.2) is 34.4 Å². The first-order valence-corrected chi connectivity index (χ1v) is 10.4. The van der Waals surface area contributed by atoms with Gasteiger partial charge in [0.1, 0.15) is 5.82 Å². The number of aliphatic imine (C=N–C) groups is 1. The van der Waals surface area contributed by atoms with Crippen molar-refractivity contribution in [1.29, 1.82) is 0 Å². The first-order chi connectivity index (χ1) is 15.1. The van der Waals surface area contributed by atoms with E-state index in [0.717, 1.165) is 36.0 Å². The molecule has 0 saturated carbocycles. The summed E-state index contributed by atoms with van der Waals surface area (Å²) in [6, 6.07) is 14.9. The molecule has 0 amide bonds. The molecule has 0 spiro atoms. The molecule has 2 aromatic carbocycles. The fraction of sp³-hybridized carbons (Fsp3) is 0.200. The van der Waals surface area contributed by atoms with Gasteiger partial charge in [0.25, 0.3) is 0 Å². The van der Waals surface area contributed by atoms with E-state index in [1.165, 1.54) is 11.6 Å². The van der Waals surface area contributed by atoms with Crippen LogP contribution < -0.4 is 4.90 Å². The van der Waals surface area contributed by atoms with Gasteiger partial charge in [0.05, 0.1) is 16.9 Å². The molecule has 1 aliphatic rings. The highest BCUT2D eigenvalue weighted by Gasteiger charge is 2.25. The van der Waals surface area contributed by atoms with Crippen LogP contribution in [0.3, 0.4) is 0 Å². The van der Waals surface area contributed by atoms with Crippen LogP contribution in [0.25, 0.3) is 10.9 Å². The zero-order valence-corrected chi connectivity index (χ0v) is 17.2. The number of pyridine rings is 1. The van der Waals surface area contributed by atoms with E-state index in [4.69, 9.17) is 0 Å². The van der Waals surface area contributed by atoms with Gasteiger partial charge in [-0.15, -0.1) is 0 Å². The zero-order chi connectivity index (χ0) is 21.4. The summed E-state index contributed by atoms with van der Waals surface area (Å²) in [4.78, 5) is 13.5. The van der Waals surface area contributed by atoms with E-state index in [1.54, 1.807) is 24.7 Å². The predicted molar refractivity (Wildman–Crippen MR) is 122 cm³/mol. The smallest absolute Gasteiger partial charge is 0.198 e. The standard InChI is InChI=1S/C25H23FN4O/c1-16-3-2-4-22-24(16)20(25(31)29-22)14-28-19-5-6-23(21(26)13-19)30-12-9-18(15-30)17-7-10-27-11-8-17/h2-8,10-11,13-14,18,29,31H,9,12,15H2,1H3. The van der Waals surface area contributed by atoms with Crippen LogP contribution in [0.2, 0.25) is 0 Å². The Bertz CT molecular complexity index is 1270. The third kappa shape index (κ3) is 3.65. The molecule has 4 aromatic rings. The number of halogens is 1. The number of hydrogen-bond donors (Lipinski definition) is 2. The molecule has 0 aliphatic carbocycles. The van der Waals surface area contributed by atoms with E-state index < -0.39 is 0 Å². The molecule has 5 rings (SSSR count). The lowest BCUT2D eigenvalue weighted by molar-refractivity contribution is 0.457. The van der Waals surface area contributed by atoms with Crippen molar-refractivity contribution in [2.24, 2.45) is 4.99 Å². The van der Waals surface area contributed by atoms with Crippen molar-refractivity contribution < 1.29 is 9.50 Å². The highest BCUT2D eigenvalue weighted by molar-refractivity contribution is 6.04. The van der Waals surface area contributed by atoms with Gasteiger partial charge in [-0.1, -0.05) is 12.1 Å². The minimum atomic E-state index is -0.288. The molecular formula is C25H23FN4O. The van der Waals surface area contributed by atoms with Crippen LogP contribution in [0.15, 0.2) is 65.9 Å². The van der Waals surface area contributed by atoms with Gasteiger partial charge < -0.3 is 15.0 Å². The fourth-order valence-corrected chi connectivity index (χ4v) is 4.43. The van der Waals surface area contributed by atoms with Gasteiger partial charge in [0, 0.05) is 54.6 Å². The molecule has 5 nitrogen and oxygen atoms in total. The van der Waals surface area contributed by atoms with Gasteiger partial charge in [-0.3, -0.25) is 9.98 Å². The first kappa shape index (κ1) is 19.3. The highest BCUT2D eigenvalue weighted by atomic mass is 19.1. The Kier molecular flexibility index (Phi) is 4.90. The second-order valence-corrected chi connectivity index (χ2v) is 7.99. The van der Waals surface area contributed by atoms with Crippen LogP contribution in [0.4, 0.5) is 15.8 Å². The molecule has 0 radical (unpaired) electrons. The van der Waals surface area contributed by atoms with Gasteiger partial charge in [-0.25, -0.2) is 4.39 Å². The monoisotopic (exact) mass is 414 g/mol. The molecule has 31 heavy (non-hydrogen) atoms. The predicted octanol–water partition coefficient (Wildman–Crippen LogP) is 5.46. The van der Waals surface area contributed by atoms with Gasteiger partial charge in [0.15, 0.2) is 5.88 Å². The molecule has 6 heteroatoms. The summed E-state index contributed by atoms with van der Waals surface area (Å²) in [7, 11) is 0. The van der Waals surface area contributed by atoms with Crippen LogP contribution in [0.5, 0.6) is 5.88 Å². The minimum Gasteiger partial charge on any atom is -0.494 e. The van der Waals surface area contributed by atoms with Crippen molar-refractivity contribution in [3.05, 3.63) is 83.4 Å². The van der Waals surface area contributed by atoms with Gasteiger partial charge in [-0.2, -0.15) is 0 Å². The summed E-state index contributed by atoms with van der Waals surface area (Å²) in [6.07, 6.45) is 6.18. The van der Waals surface area contributed by atoms with Crippen LogP contribution in [-0.2, 0) is 0 Å². The van der Waals surface area contributed by atoms with Crippen LogP contribution in [0, 0.1) is 12.7 Å². The third-order valence-electron chi connectivity index (χ3n) is 6.03. The first-order valence-electron chi connectivity index (χ1n) is 10.4. The van der Waals surface area contributed by atoms with Gasteiger partial charge >= 0.3 is 0 Å². The number of benzene rings is 2. The zero-order valence-electron chi connectivity index (χ0n) is 17.2. The van der Waals surface area contributed by atoms with E-state index >= 15 is 0 Å². The molecule has 1 unspecified atom stereocenters. The van der Waals surface area contributed by atoms with E-state index in [2.05, 4.69) is 19.9 Å². The number of aromatic nitrogens is 2. The number of nitrogens with one attached hydrogen (secondary N) is 1. The Morgan fingerprint density at radius 3 is 2.84 bits per heavy atom. The Balaban J connectivity index is 1.37. The summed E-state index contributed by atoms with van der Waals surface area (Å²) in [5, 5.41) is 11.2. The number of aryl methyl sites for hydroxylation is 1. The number of hydrogen-bond acceptors (Lipinski definition) is 4. The van der Waals surface area contributed by atoms with Gasteiger partial charge in [-0.05, 0) is 54.8 Å². The van der Waals surface area contributed by atoms with E-state index in [1.807, 2.05) is 43.3 Å². The van der Waals surface area contributed by atoms with Crippen molar-refractivity contribution in [1.82, 2.24) is 9.97 Å². The number of rotatable bonds is 4. The average molecular weight is 414 g/mol. The molecule has 1 atom stereocenters. The molecule has 0 bridgehead atoms. The molecule has 1 fully saturated rings. The third-order valence-corrected chi connectivity index (χ3v) is 6.03. The summed E-state index contributed by atoms with van der Waals surface area (Å²) in [5.74, 6) is 0.155. The number of aromatic hydroxyl groups is 1. The summed E-state index contributed by atoms with van der Waals surface area (Å²) in [5.41, 5.74) is 4.84. The summed E-state index contributed by atoms with van der Waals surface area (Å²) in [6.45, 7) is 3.58. The molecule has 2 aromatic heterocycles. The quantitative estimate of drug-likeness (QED) is 0.436. The van der Waals surface area contributed by atoms with Crippen LogP contribution in [0.1, 0.15) is 29.0 Å². The van der Waals surface area contributed by atoms with E-state index in [9.17, 15) is 9.50 Å². The van der Waals surface area contributed by atoms with E-state index in [0.29, 0.717) is 22.9 Å². The van der Waals surface area contributed by atoms with Crippen molar-refractivity contribution >= 4 is 28.5 Å². The lowest BCUT2D eigenvalue weighted by atomic mass is 10.00. The van der Waals surface area contributed by atoms with Crippen LogP contribution >= 0.6 is 0 Å². The number of nitrogens with zero attached hydrogens (tertiary/aromatic N) is 3. The van der Waals surface area contributed by atoms with E-state index in [-0.39, 0.29) is 11.7 Å². The molecular weight excluding hydrogens is 391 g/mol. The summed E-state index contributed by atoms with van der Waals surface area (Å²) < 4.78 is 14.9. The van der Waals surface area contributed by atoms with Crippen molar-refractivity contribution in [3.63, 3.8) is 0 Å². The molecule has 1 aliphatic heterocycles.